The summed E-state index contributed by atoms with van der Waals surface area (Å²) >= 11 is 6.43. The van der Waals surface area contributed by atoms with Gasteiger partial charge in [-0.3, -0.25) is 9.58 Å². The van der Waals surface area contributed by atoms with E-state index < -0.39 is 5.60 Å². The summed E-state index contributed by atoms with van der Waals surface area (Å²) in [5.74, 6) is 0. The average Bonchev–Trinajstić information content (AvgIpc) is 2.65. The van der Waals surface area contributed by atoms with Gasteiger partial charge in [0, 0.05) is 19.6 Å². The third-order valence-corrected chi connectivity index (χ3v) is 4.26. The number of aliphatic hydroxyl groups is 1. The van der Waals surface area contributed by atoms with Crippen LogP contribution in [0.5, 0.6) is 0 Å². The third kappa shape index (κ3) is 3.30. The Hall–Kier alpha value is -0.580. The van der Waals surface area contributed by atoms with Crippen molar-refractivity contribution in [2.75, 3.05) is 13.1 Å². The number of hydrogen-bond acceptors (Lipinski definition) is 3. The Morgan fingerprint density at radius 3 is 2.74 bits per heavy atom. The van der Waals surface area contributed by atoms with E-state index in [4.69, 9.17) is 11.6 Å². The van der Waals surface area contributed by atoms with Gasteiger partial charge in [0.1, 0.15) is 0 Å². The zero-order valence-corrected chi connectivity index (χ0v) is 12.9. The van der Waals surface area contributed by atoms with Crippen LogP contribution in [0.2, 0.25) is 5.02 Å². The monoisotopic (exact) mass is 285 g/mol. The number of likely N-dealkylation sites (tertiary alicyclic amines) is 1. The van der Waals surface area contributed by atoms with Crippen LogP contribution in [0.15, 0.2) is 0 Å². The summed E-state index contributed by atoms with van der Waals surface area (Å²) in [5.41, 5.74) is 1.48. The first-order valence-corrected chi connectivity index (χ1v) is 7.53. The second-order valence-corrected chi connectivity index (χ2v) is 6.07. The SMILES string of the molecule is CCc1nn(CC)c(CN2CCCC(C)(O)C2)c1Cl. The lowest BCUT2D eigenvalue weighted by Gasteiger charge is -2.36. The van der Waals surface area contributed by atoms with Crippen molar-refractivity contribution < 1.29 is 5.11 Å². The molecule has 1 saturated heterocycles. The van der Waals surface area contributed by atoms with Gasteiger partial charge in [-0.25, -0.2) is 0 Å². The molecule has 4 nitrogen and oxygen atoms in total. The average molecular weight is 286 g/mol. The number of nitrogens with zero attached hydrogens (tertiary/aromatic N) is 3. The van der Waals surface area contributed by atoms with Crippen molar-refractivity contribution >= 4 is 11.6 Å². The van der Waals surface area contributed by atoms with Crippen LogP contribution in [0.25, 0.3) is 0 Å². The first-order chi connectivity index (χ1) is 8.96. The fourth-order valence-electron chi connectivity index (χ4n) is 2.84. The van der Waals surface area contributed by atoms with Gasteiger partial charge in [-0.15, -0.1) is 0 Å². The molecule has 0 aliphatic carbocycles. The lowest BCUT2D eigenvalue weighted by Crippen LogP contribution is -2.45. The minimum atomic E-state index is -0.574. The first kappa shape index (κ1) is 14.8. The zero-order valence-electron chi connectivity index (χ0n) is 12.1. The van der Waals surface area contributed by atoms with Crippen molar-refractivity contribution in [2.24, 2.45) is 0 Å². The van der Waals surface area contributed by atoms with E-state index in [2.05, 4.69) is 23.8 Å². The number of aromatic nitrogens is 2. The van der Waals surface area contributed by atoms with Crippen LogP contribution in [0, 0.1) is 0 Å². The van der Waals surface area contributed by atoms with Crippen molar-refractivity contribution in [1.29, 1.82) is 0 Å². The Bertz CT molecular complexity index is 442. The van der Waals surface area contributed by atoms with E-state index in [1.807, 2.05) is 11.6 Å². The van der Waals surface area contributed by atoms with Crippen LogP contribution in [0.1, 0.15) is 45.0 Å². The number of piperidine rings is 1. The number of rotatable bonds is 4. The number of hydrogen-bond donors (Lipinski definition) is 1. The number of β-amino-alcohol motifs (C(OH)–C–C–N with tert-alkyl or cyclic N) is 1. The minimum Gasteiger partial charge on any atom is -0.389 e. The van der Waals surface area contributed by atoms with Gasteiger partial charge in [-0.1, -0.05) is 18.5 Å². The van der Waals surface area contributed by atoms with Gasteiger partial charge in [-0.2, -0.15) is 5.10 Å². The van der Waals surface area contributed by atoms with Gasteiger partial charge >= 0.3 is 0 Å². The van der Waals surface area contributed by atoms with E-state index in [1.165, 1.54) is 0 Å². The van der Waals surface area contributed by atoms with Gasteiger partial charge in [-0.05, 0) is 39.7 Å². The summed E-state index contributed by atoms with van der Waals surface area (Å²) in [6.45, 7) is 9.40. The van der Waals surface area contributed by atoms with Crippen LogP contribution in [-0.2, 0) is 19.5 Å². The maximum absolute atomic E-state index is 10.2. The molecule has 0 radical (unpaired) electrons. The Morgan fingerprint density at radius 1 is 1.42 bits per heavy atom. The molecule has 1 aromatic rings. The van der Waals surface area contributed by atoms with Crippen molar-refractivity contribution in [3.05, 3.63) is 16.4 Å². The molecule has 1 atom stereocenters. The molecule has 19 heavy (non-hydrogen) atoms. The van der Waals surface area contributed by atoms with Crippen LogP contribution >= 0.6 is 11.6 Å². The molecule has 1 N–H and O–H groups in total. The summed E-state index contributed by atoms with van der Waals surface area (Å²) < 4.78 is 1.99. The molecule has 2 rings (SSSR count). The van der Waals surface area contributed by atoms with Crippen molar-refractivity contribution in [3.63, 3.8) is 0 Å². The van der Waals surface area contributed by atoms with Crippen LogP contribution in [0.3, 0.4) is 0 Å². The third-order valence-electron chi connectivity index (χ3n) is 3.82. The van der Waals surface area contributed by atoms with E-state index in [9.17, 15) is 5.11 Å². The molecule has 1 unspecified atom stereocenters. The highest BCUT2D eigenvalue weighted by Crippen LogP contribution is 2.26. The zero-order chi connectivity index (χ0) is 14.0. The van der Waals surface area contributed by atoms with Gasteiger partial charge in [0.05, 0.1) is 22.0 Å². The minimum absolute atomic E-state index is 0.574. The highest BCUT2D eigenvalue weighted by atomic mass is 35.5. The van der Waals surface area contributed by atoms with Gasteiger partial charge < -0.3 is 5.11 Å². The molecule has 5 heteroatoms. The van der Waals surface area contributed by atoms with E-state index in [-0.39, 0.29) is 0 Å². The Morgan fingerprint density at radius 2 is 2.16 bits per heavy atom. The highest BCUT2D eigenvalue weighted by molar-refractivity contribution is 6.31. The molecule has 0 aromatic carbocycles. The molecule has 1 fully saturated rings. The second kappa shape index (κ2) is 5.81. The molecule has 108 valence electrons. The summed E-state index contributed by atoms with van der Waals surface area (Å²) in [5, 5.41) is 15.5. The van der Waals surface area contributed by atoms with E-state index in [1.54, 1.807) is 0 Å². The van der Waals surface area contributed by atoms with Crippen LogP contribution < -0.4 is 0 Å². The predicted molar refractivity (Wildman–Crippen MR) is 77.4 cm³/mol. The maximum Gasteiger partial charge on any atom is 0.0863 e. The van der Waals surface area contributed by atoms with Crippen LogP contribution in [-0.4, -0.2) is 38.5 Å². The maximum atomic E-state index is 10.2. The molecular weight excluding hydrogens is 262 g/mol. The highest BCUT2D eigenvalue weighted by Gasteiger charge is 2.29. The first-order valence-electron chi connectivity index (χ1n) is 7.15. The molecule has 0 bridgehead atoms. The molecule has 1 aromatic heterocycles. The number of halogens is 1. The predicted octanol–water partition coefficient (Wildman–Crippen LogP) is 2.47. The fourth-order valence-corrected chi connectivity index (χ4v) is 3.17. The Kier molecular flexibility index (Phi) is 4.54. The molecular formula is C14H24ClN3O. The quantitative estimate of drug-likeness (QED) is 0.924. The summed E-state index contributed by atoms with van der Waals surface area (Å²) in [4.78, 5) is 2.28. The number of aryl methyl sites for hydroxylation is 2. The summed E-state index contributed by atoms with van der Waals surface area (Å²) in [6, 6.07) is 0. The van der Waals surface area contributed by atoms with Crippen molar-refractivity contribution in [1.82, 2.24) is 14.7 Å². The van der Waals surface area contributed by atoms with Crippen molar-refractivity contribution in [2.45, 2.75) is 58.7 Å². The molecule has 1 aliphatic rings. The molecule has 0 saturated carbocycles. The van der Waals surface area contributed by atoms with Gasteiger partial charge in [0.2, 0.25) is 0 Å². The second-order valence-electron chi connectivity index (χ2n) is 5.69. The topological polar surface area (TPSA) is 41.3 Å². The molecule has 0 spiro atoms. The summed E-state index contributed by atoms with van der Waals surface area (Å²) in [6.07, 6.45) is 2.77. The van der Waals surface area contributed by atoms with Crippen molar-refractivity contribution in [3.8, 4) is 0 Å². The fraction of sp³-hybridized carbons (Fsp3) is 0.786. The lowest BCUT2D eigenvalue weighted by atomic mass is 9.95. The molecule has 1 aliphatic heterocycles. The van der Waals surface area contributed by atoms with Gasteiger partial charge in [0.15, 0.2) is 0 Å². The van der Waals surface area contributed by atoms with E-state index in [0.29, 0.717) is 6.54 Å². The lowest BCUT2D eigenvalue weighted by molar-refractivity contribution is -0.0188. The van der Waals surface area contributed by atoms with E-state index >= 15 is 0 Å². The standard InChI is InChI=1S/C14H24ClN3O/c1-4-11-13(15)12(18(5-2)16-11)9-17-8-6-7-14(3,19)10-17/h19H,4-10H2,1-3H3. The normalized spacial score (nSPS) is 24.9. The largest absolute Gasteiger partial charge is 0.389 e. The van der Waals surface area contributed by atoms with Gasteiger partial charge in [0.25, 0.3) is 0 Å². The Balaban J connectivity index is 2.16. The Labute approximate surface area is 120 Å². The summed E-state index contributed by atoms with van der Waals surface area (Å²) in [7, 11) is 0. The van der Waals surface area contributed by atoms with E-state index in [0.717, 1.165) is 55.3 Å². The molecule has 2 heterocycles. The van der Waals surface area contributed by atoms with Crippen LogP contribution in [0.4, 0.5) is 0 Å². The molecule has 0 amide bonds. The smallest absolute Gasteiger partial charge is 0.0863 e.